The molecule has 1 aromatic heterocycles. The maximum atomic E-state index is 12.8. The van der Waals surface area contributed by atoms with Gasteiger partial charge < -0.3 is 5.32 Å². The van der Waals surface area contributed by atoms with Gasteiger partial charge in [0.15, 0.2) is 9.84 Å². The van der Waals surface area contributed by atoms with Crippen LogP contribution in [0.4, 0.5) is 0 Å². The van der Waals surface area contributed by atoms with Crippen LogP contribution in [0.5, 0.6) is 0 Å². The smallest absolute Gasteiger partial charge is 0.262 e. The maximum absolute atomic E-state index is 12.8. The summed E-state index contributed by atoms with van der Waals surface area (Å²) >= 11 is 1.79. The lowest BCUT2D eigenvalue weighted by Gasteiger charge is -2.10. The SMILES string of the molecule is CCCSc1ccc(-c2nn(-c3ccccc3)cc2/C=C(/C#N)C(=O)N[C@H]2CCS(=O)(=O)C2)cc1. The maximum Gasteiger partial charge on any atom is 0.262 e. The molecule has 3 aromatic rings. The van der Waals surface area contributed by atoms with Crippen LogP contribution in [0.3, 0.4) is 0 Å². The quantitative estimate of drug-likeness (QED) is 0.278. The summed E-state index contributed by atoms with van der Waals surface area (Å²) in [5.74, 6) is 0.402. The molecular weight excluding hydrogens is 480 g/mol. The minimum Gasteiger partial charge on any atom is -0.348 e. The summed E-state index contributed by atoms with van der Waals surface area (Å²) in [6.07, 6.45) is 4.75. The van der Waals surface area contributed by atoms with Crippen molar-refractivity contribution in [3.63, 3.8) is 0 Å². The molecule has 1 saturated heterocycles. The molecule has 0 unspecified atom stereocenters. The Morgan fingerprint density at radius 2 is 1.97 bits per heavy atom. The molecule has 0 spiro atoms. The molecule has 2 aromatic carbocycles. The Morgan fingerprint density at radius 1 is 1.23 bits per heavy atom. The van der Waals surface area contributed by atoms with Gasteiger partial charge in [0.1, 0.15) is 11.6 Å². The van der Waals surface area contributed by atoms with Crippen molar-refractivity contribution in [3.05, 3.63) is 71.9 Å². The van der Waals surface area contributed by atoms with Crippen molar-refractivity contribution >= 4 is 33.6 Å². The molecule has 1 aliphatic heterocycles. The predicted octanol–water partition coefficient (Wildman–Crippen LogP) is 4.25. The number of aromatic nitrogens is 2. The fourth-order valence-corrected chi connectivity index (χ4v) is 6.28. The zero-order chi connectivity index (χ0) is 24.8. The monoisotopic (exact) mass is 506 g/mol. The third-order valence-corrected chi connectivity index (χ3v) is 8.58. The van der Waals surface area contributed by atoms with E-state index in [4.69, 9.17) is 5.10 Å². The summed E-state index contributed by atoms with van der Waals surface area (Å²) in [5, 5.41) is 17.2. The van der Waals surface area contributed by atoms with Gasteiger partial charge in [-0.1, -0.05) is 37.3 Å². The van der Waals surface area contributed by atoms with Crippen molar-refractivity contribution < 1.29 is 13.2 Å². The highest BCUT2D eigenvalue weighted by Crippen LogP contribution is 2.28. The molecule has 1 fully saturated rings. The average Bonchev–Trinajstić information content (AvgIpc) is 3.44. The Kier molecular flexibility index (Phi) is 7.73. The number of rotatable bonds is 8. The van der Waals surface area contributed by atoms with Gasteiger partial charge in [-0.25, -0.2) is 13.1 Å². The van der Waals surface area contributed by atoms with E-state index in [1.54, 1.807) is 22.6 Å². The first-order valence-corrected chi connectivity index (χ1v) is 14.2. The number of nitriles is 1. The first kappa shape index (κ1) is 24.8. The van der Waals surface area contributed by atoms with Crippen LogP contribution in [-0.2, 0) is 14.6 Å². The number of para-hydroxylation sites is 1. The van der Waals surface area contributed by atoms with E-state index >= 15 is 0 Å². The minimum atomic E-state index is -3.14. The fraction of sp³-hybridized carbons (Fsp3) is 0.269. The number of nitrogens with one attached hydrogen (secondary N) is 1. The van der Waals surface area contributed by atoms with Gasteiger partial charge in [-0.3, -0.25) is 4.79 Å². The fourth-order valence-electron chi connectivity index (χ4n) is 3.84. The molecule has 1 aliphatic rings. The molecular formula is C26H26N4O3S2. The van der Waals surface area contributed by atoms with E-state index in [0.717, 1.165) is 23.4 Å². The van der Waals surface area contributed by atoms with E-state index in [1.165, 1.54) is 11.0 Å². The zero-order valence-corrected chi connectivity index (χ0v) is 21.0. The Morgan fingerprint density at radius 3 is 2.60 bits per heavy atom. The molecule has 180 valence electrons. The molecule has 9 heteroatoms. The Labute approximate surface area is 209 Å². The highest BCUT2D eigenvalue weighted by Gasteiger charge is 2.29. The van der Waals surface area contributed by atoms with Gasteiger partial charge in [0.2, 0.25) is 0 Å². The van der Waals surface area contributed by atoms with Crippen molar-refractivity contribution in [3.8, 4) is 23.0 Å². The van der Waals surface area contributed by atoms with Gasteiger partial charge >= 0.3 is 0 Å². The van der Waals surface area contributed by atoms with Gasteiger partial charge in [0.25, 0.3) is 5.91 Å². The number of carbonyl (C=O) groups is 1. The van der Waals surface area contributed by atoms with Crippen LogP contribution < -0.4 is 5.32 Å². The molecule has 1 N–H and O–H groups in total. The van der Waals surface area contributed by atoms with Gasteiger partial charge in [-0.2, -0.15) is 10.4 Å². The van der Waals surface area contributed by atoms with Crippen LogP contribution in [0.25, 0.3) is 23.0 Å². The van der Waals surface area contributed by atoms with Crippen molar-refractivity contribution in [2.45, 2.75) is 30.7 Å². The summed E-state index contributed by atoms with van der Waals surface area (Å²) < 4.78 is 25.2. The first-order chi connectivity index (χ1) is 16.9. The average molecular weight is 507 g/mol. The molecule has 4 rings (SSSR count). The molecule has 0 bridgehead atoms. The third kappa shape index (κ3) is 6.21. The van der Waals surface area contributed by atoms with Crippen LogP contribution in [0.2, 0.25) is 0 Å². The Hall–Kier alpha value is -3.35. The second-order valence-corrected chi connectivity index (χ2v) is 11.7. The third-order valence-electron chi connectivity index (χ3n) is 5.60. The van der Waals surface area contributed by atoms with Crippen molar-refractivity contribution in [2.75, 3.05) is 17.3 Å². The largest absolute Gasteiger partial charge is 0.348 e. The van der Waals surface area contributed by atoms with Crippen LogP contribution >= 0.6 is 11.8 Å². The second-order valence-electron chi connectivity index (χ2n) is 8.33. The standard InChI is InChI=1S/C26H26N4O3S2/c1-2-13-34-24-10-8-19(9-11-24)25-21(17-30(29-25)23-6-4-3-5-7-23)15-20(16-27)26(31)28-22-12-14-35(32,33)18-22/h3-11,15,17,22H,2,12-14,18H2,1H3,(H,28,31)/b20-15-/t22-/m0/s1. The number of hydrogen-bond donors (Lipinski definition) is 1. The van der Waals surface area contributed by atoms with Gasteiger partial charge in [-0.15, -0.1) is 11.8 Å². The molecule has 1 atom stereocenters. The number of thioether (sulfide) groups is 1. The topological polar surface area (TPSA) is 105 Å². The molecule has 2 heterocycles. The predicted molar refractivity (Wildman–Crippen MR) is 139 cm³/mol. The van der Waals surface area contributed by atoms with Crippen molar-refractivity contribution in [1.82, 2.24) is 15.1 Å². The van der Waals surface area contributed by atoms with Gasteiger partial charge in [0, 0.05) is 28.3 Å². The lowest BCUT2D eigenvalue weighted by Crippen LogP contribution is -2.36. The van der Waals surface area contributed by atoms with Gasteiger partial charge in [0.05, 0.1) is 22.9 Å². The number of carbonyl (C=O) groups excluding carboxylic acids is 1. The number of amides is 1. The first-order valence-electron chi connectivity index (χ1n) is 11.4. The van der Waals surface area contributed by atoms with Crippen LogP contribution in [-0.4, -0.2) is 47.4 Å². The number of benzene rings is 2. The second kappa shape index (κ2) is 10.9. The Bertz CT molecular complexity index is 1370. The van der Waals surface area contributed by atoms with E-state index in [0.29, 0.717) is 17.7 Å². The highest BCUT2D eigenvalue weighted by atomic mass is 32.2. The molecule has 0 aliphatic carbocycles. The molecule has 7 nitrogen and oxygen atoms in total. The van der Waals surface area contributed by atoms with E-state index < -0.39 is 21.8 Å². The lowest BCUT2D eigenvalue weighted by molar-refractivity contribution is -0.117. The van der Waals surface area contributed by atoms with Crippen molar-refractivity contribution in [2.24, 2.45) is 0 Å². The van der Waals surface area contributed by atoms with E-state index in [2.05, 4.69) is 12.2 Å². The normalized spacial score (nSPS) is 17.1. The van der Waals surface area contributed by atoms with Crippen molar-refractivity contribution in [1.29, 1.82) is 5.26 Å². The molecule has 1 amide bonds. The molecule has 35 heavy (non-hydrogen) atoms. The highest BCUT2D eigenvalue weighted by molar-refractivity contribution is 7.99. The summed E-state index contributed by atoms with van der Waals surface area (Å²) in [4.78, 5) is 14.0. The van der Waals surface area contributed by atoms with Crippen LogP contribution in [0.15, 0.2) is 71.3 Å². The minimum absolute atomic E-state index is 0.0457. The summed E-state index contributed by atoms with van der Waals surface area (Å²) in [7, 11) is -3.14. The summed E-state index contributed by atoms with van der Waals surface area (Å²) in [5.41, 5.74) is 2.88. The van der Waals surface area contributed by atoms with Gasteiger partial charge in [-0.05, 0) is 48.9 Å². The summed E-state index contributed by atoms with van der Waals surface area (Å²) in [6, 6.07) is 19.1. The molecule has 0 radical (unpaired) electrons. The zero-order valence-electron chi connectivity index (χ0n) is 19.3. The van der Waals surface area contributed by atoms with E-state index in [9.17, 15) is 18.5 Å². The lowest BCUT2D eigenvalue weighted by atomic mass is 10.1. The van der Waals surface area contributed by atoms with E-state index in [1.807, 2.05) is 60.7 Å². The number of nitrogens with zero attached hydrogens (tertiary/aromatic N) is 3. The summed E-state index contributed by atoms with van der Waals surface area (Å²) in [6.45, 7) is 2.14. The van der Waals surface area contributed by atoms with Crippen LogP contribution in [0.1, 0.15) is 25.3 Å². The van der Waals surface area contributed by atoms with Crippen LogP contribution in [0, 0.1) is 11.3 Å². The molecule has 0 saturated carbocycles. The Balaban J connectivity index is 1.68. The number of hydrogen-bond acceptors (Lipinski definition) is 6. The number of sulfone groups is 1. The van der Waals surface area contributed by atoms with E-state index in [-0.39, 0.29) is 17.1 Å².